The van der Waals surface area contributed by atoms with Gasteiger partial charge in [-0.25, -0.2) is 9.97 Å². The van der Waals surface area contributed by atoms with E-state index >= 15 is 0 Å². The highest BCUT2D eigenvalue weighted by Gasteiger charge is 2.30. The molecule has 0 saturated carbocycles. The van der Waals surface area contributed by atoms with Gasteiger partial charge in [-0.3, -0.25) is 4.90 Å². The number of nitrogens with one attached hydrogen (secondary N) is 1. The van der Waals surface area contributed by atoms with Gasteiger partial charge in [0, 0.05) is 17.6 Å². The van der Waals surface area contributed by atoms with Crippen LogP contribution in [0.4, 0.5) is 0 Å². The second-order valence-electron chi connectivity index (χ2n) is 6.24. The van der Waals surface area contributed by atoms with Gasteiger partial charge in [0.15, 0.2) is 0 Å². The summed E-state index contributed by atoms with van der Waals surface area (Å²) in [6.07, 6.45) is 7.42. The first-order valence-corrected chi connectivity index (χ1v) is 8.90. The Bertz CT molecular complexity index is 607. The summed E-state index contributed by atoms with van der Waals surface area (Å²) in [7, 11) is 0. The van der Waals surface area contributed by atoms with Crippen LogP contribution in [0.3, 0.4) is 0 Å². The quantitative estimate of drug-likeness (QED) is 0.945. The number of rotatable bonds is 3. The lowest BCUT2D eigenvalue weighted by atomic mass is 10.0. The molecule has 112 valence electrons. The Balaban J connectivity index is 1.54. The van der Waals surface area contributed by atoms with Gasteiger partial charge in [-0.2, -0.15) is 0 Å². The summed E-state index contributed by atoms with van der Waals surface area (Å²) in [6, 6.07) is 0.456. The summed E-state index contributed by atoms with van der Waals surface area (Å²) in [5.41, 5.74) is 3.93. The Labute approximate surface area is 129 Å². The van der Waals surface area contributed by atoms with Crippen molar-refractivity contribution in [1.82, 2.24) is 19.9 Å². The molecule has 4 rings (SSSR count). The van der Waals surface area contributed by atoms with Crippen LogP contribution in [-0.4, -0.2) is 26.4 Å². The van der Waals surface area contributed by atoms with Crippen molar-refractivity contribution in [3.63, 3.8) is 0 Å². The molecule has 0 spiro atoms. The molecule has 0 amide bonds. The lowest BCUT2D eigenvalue weighted by molar-refractivity contribution is 0.238. The average molecular weight is 302 g/mol. The lowest BCUT2D eigenvalue weighted by Crippen LogP contribution is -2.23. The molecule has 21 heavy (non-hydrogen) atoms. The molecule has 1 aliphatic heterocycles. The predicted molar refractivity (Wildman–Crippen MR) is 84.5 cm³/mol. The maximum atomic E-state index is 4.91. The Morgan fingerprint density at radius 2 is 2.19 bits per heavy atom. The Kier molecular flexibility index (Phi) is 3.55. The fraction of sp³-hybridized carbons (Fsp3) is 0.625. The normalized spacial score (nSPS) is 22.6. The van der Waals surface area contributed by atoms with E-state index in [1.807, 2.05) is 0 Å². The molecule has 1 N–H and O–H groups in total. The smallest absolute Gasteiger partial charge is 0.124 e. The largest absolute Gasteiger partial charge is 0.344 e. The van der Waals surface area contributed by atoms with E-state index in [0.29, 0.717) is 6.04 Å². The van der Waals surface area contributed by atoms with Crippen LogP contribution in [0, 0.1) is 6.92 Å². The molecule has 0 bridgehead atoms. The third-order valence-electron chi connectivity index (χ3n) is 4.68. The van der Waals surface area contributed by atoms with E-state index < -0.39 is 0 Å². The minimum absolute atomic E-state index is 0.456. The van der Waals surface area contributed by atoms with E-state index in [9.17, 15) is 0 Å². The number of hydrogen-bond acceptors (Lipinski definition) is 4. The van der Waals surface area contributed by atoms with E-state index in [4.69, 9.17) is 4.98 Å². The van der Waals surface area contributed by atoms with E-state index in [1.54, 1.807) is 11.3 Å². The van der Waals surface area contributed by atoms with Crippen LogP contribution in [0.15, 0.2) is 5.38 Å². The van der Waals surface area contributed by atoms with Gasteiger partial charge in [0.1, 0.15) is 5.82 Å². The number of H-pyrrole nitrogens is 1. The first kappa shape index (κ1) is 13.5. The molecule has 5 heteroatoms. The number of likely N-dealkylation sites (tertiary alicyclic amines) is 1. The zero-order valence-electron chi connectivity index (χ0n) is 12.6. The summed E-state index contributed by atoms with van der Waals surface area (Å²) >= 11 is 1.75. The summed E-state index contributed by atoms with van der Waals surface area (Å²) in [4.78, 5) is 15.7. The fourth-order valence-corrected chi connectivity index (χ4v) is 4.25. The zero-order valence-corrected chi connectivity index (χ0v) is 13.4. The topological polar surface area (TPSA) is 44.8 Å². The van der Waals surface area contributed by atoms with Crippen LogP contribution in [0.25, 0.3) is 0 Å². The van der Waals surface area contributed by atoms with E-state index in [-0.39, 0.29) is 0 Å². The van der Waals surface area contributed by atoms with E-state index in [1.165, 1.54) is 55.0 Å². The minimum Gasteiger partial charge on any atom is -0.344 e. The second kappa shape index (κ2) is 5.54. The van der Waals surface area contributed by atoms with Crippen LogP contribution < -0.4 is 0 Å². The van der Waals surface area contributed by atoms with Gasteiger partial charge in [-0.05, 0) is 52.0 Å². The maximum Gasteiger partial charge on any atom is 0.124 e. The second-order valence-corrected chi connectivity index (χ2v) is 7.30. The highest BCUT2D eigenvalue weighted by atomic mass is 32.1. The van der Waals surface area contributed by atoms with Crippen LogP contribution in [0.1, 0.15) is 59.6 Å². The number of nitrogens with zero attached hydrogens (tertiary/aromatic N) is 3. The molecule has 2 aromatic heterocycles. The Hall–Kier alpha value is -1.20. The zero-order chi connectivity index (χ0) is 14.2. The van der Waals surface area contributed by atoms with Crippen molar-refractivity contribution in [1.29, 1.82) is 0 Å². The molecule has 4 nitrogen and oxygen atoms in total. The number of aryl methyl sites for hydroxylation is 3. The van der Waals surface area contributed by atoms with Gasteiger partial charge in [0.05, 0.1) is 22.4 Å². The molecule has 1 fully saturated rings. The maximum absolute atomic E-state index is 4.91. The van der Waals surface area contributed by atoms with Crippen molar-refractivity contribution in [2.75, 3.05) is 6.54 Å². The van der Waals surface area contributed by atoms with Gasteiger partial charge in [-0.1, -0.05) is 0 Å². The standard InChI is InChI=1S/C16H22N4S/c1-11-17-12(10-21-11)9-20-8-4-7-15(20)16-18-13-5-2-3-6-14(13)19-16/h10,15H,2-9H2,1H3,(H,18,19)/t15-/m1/s1. The molecule has 0 aromatic carbocycles. The lowest BCUT2D eigenvalue weighted by Gasteiger charge is -2.21. The van der Waals surface area contributed by atoms with Crippen molar-refractivity contribution in [3.8, 4) is 0 Å². The average Bonchev–Trinajstić information content (AvgIpc) is 3.18. The molecule has 1 aliphatic carbocycles. The summed E-state index contributed by atoms with van der Waals surface area (Å²) in [5.74, 6) is 1.20. The first-order chi connectivity index (χ1) is 10.3. The SMILES string of the molecule is Cc1nc(CN2CCC[C@@H]2c2nc3c([nH]2)CCCC3)cs1. The van der Waals surface area contributed by atoms with Gasteiger partial charge in [0.25, 0.3) is 0 Å². The molecular weight excluding hydrogens is 280 g/mol. The van der Waals surface area contributed by atoms with Crippen LogP contribution >= 0.6 is 11.3 Å². The van der Waals surface area contributed by atoms with Crippen molar-refractivity contribution in [3.05, 3.63) is 33.3 Å². The van der Waals surface area contributed by atoms with E-state index in [2.05, 4.69) is 27.2 Å². The number of fused-ring (bicyclic) bond motifs is 1. The highest BCUT2D eigenvalue weighted by molar-refractivity contribution is 7.09. The highest BCUT2D eigenvalue weighted by Crippen LogP contribution is 2.33. The molecule has 0 radical (unpaired) electrons. The van der Waals surface area contributed by atoms with Gasteiger partial charge in [-0.15, -0.1) is 11.3 Å². The number of thiazole rings is 1. The third-order valence-corrected chi connectivity index (χ3v) is 5.51. The summed E-state index contributed by atoms with van der Waals surface area (Å²) in [6.45, 7) is 4.20. The van der Waals surface area contributed by atoms with Crippen molar-refractivity contribution in [2.45, 2.75) is 58.0 Å². The molecule has 0 unspecified atom stereocenters. The van der Waals surface area contributed by atoms with Crippen LogP contribution in [0.5, 0.6) is 0 Å². The van der Waals surface area contributed by atoms with E-state index in [0.717, 1.165) is 24.5 Å². The van der Waals surface area contributed by atoms with Crippen molar-refractivity contribution in [2.24, 2.45) is 0 Å². The molecule has 2 aliphatic rings. The molecule has 2 aromatic rings. The van der Waals surface area contributed by atoms with Crippen molar-refractivity contribution >= 4 is 11.3 Å². The first-order valence-electron chi connectivity index (χ1n) is 8.02. The molecular formula is C16H22N4S. The predicted octanol–water partition coefficient (Wildman–Crippen LogP) is 3.39. The number of aromatic nitrogens is 3. The van der Waals surface area contributed by atoms with Gasteiger partial charge in [0.2, 0.25) is 0 Å². The van der Waals surface area contributed by atoms with Gasteiger partial charge < -0.3 is 4.98 Å². The Morgan fingerprint density at radius 3 is 3.00 bits per heavy atom. The summed E-state index contributed by atoms with van der Waals surface area (Å²) < 4.78 is 0. The van der Waals surface area contributed by atoms with Crippen molar-refractivity contribution < 1.29 is 0 Å². The van der Waals surface area contributed by atoms with Gasteiger partial charge >= 0.3 is 0 Å². The number of imidazole rings is 1. The molecule has 1 atom stereocenters. The van der Waals surface area contributed by atoms with Crippen LogP contribution in [0.2, 0.25) is 0 Å². The minimum atomic E-state index is 0.456. The Morgan fingerprint density at radius 1 is 1.29 bits per heavy atom. The monoisotopic (exact) mass is 302 g/mol. The fourth-order valence-electron chi connectivity index (χ4n) is 3.65. The third kappa shape index (κ3) is 2.64. The molecule has 3 heterocycles. The van der Waals surface area contributed by atoms with Crippen LogP contribution in [-0.2, 0) is 19.4 Å². The summed E-state index contributed by atoms with van der Waals surface area (Å²) in [5, 5.41) is 3.35. The number of hydrogen-bond donors (Lipinski definition) is 1. The number of aromatic amines is 1. The molecule has 1 saturated heterocycles.